The molecule has 1 heterocycles. The van der Waals surface area contributed by atoms with E-state index in [0.717, 1.165) is 17.9 Å². The number of benzene rings is 1. The second-order valence-corrected chi connectivity index (χ2v) is 4.61. The van der Waals surface area contributed by atoms with Crippen LogP contribution in [0.1, 0.15) is 32.1 Å². The van der Waals surface area contributed by atoms with Crippen molar-refractivity contribution in [2.24, 2.45) is 0 Å². The Kier molecular flexibility index (Phi) is 5.55. The molecule has 0 radical (unpaired) electrons. The summed E-state index contributed by atoms with van der Waals surface area (Å²) in [4.78, 5) is 0. The van der Waals surface area contributed by atoms with Crippen LogP contribution in [-0.2, 0) is 6.54 Å². The highest BCUT2D eigenvalue weighted by Gasteiger charge is 2.08. The summed E-state index contributed by atoms with van der Waals surface area (Å²) < 4.78 is 10.7. The Bertz CT molecular complexity index is 508. The molecule has 0 aliphatic carbocycles. The van der Waals surface area contributed by atoms with Gasteiger partial charge in [0.15, 0.2) is 0 Å². The molecule has 1 aromatic heterocycles. The van der Waals surface area contributed by atoms with Crippen LogP contribution in [0.25, 0.3) is 11.5 Å². The minimum absolute atomic E-state index is 0.540. The van der Waals surface area contributed by atoms with Crippen molar-refractivity contribution in [3.05, 3.63) is 30.2 Å². The highest BCUT2D eigenvalue weighted by Crippen LogP contribution is 2.20. The van der Waals surface area contributed by atoms with Crippen molar-refractivity contribution in [3.63, 3.8) is 0 Å². The van der Waals surface area contributed by atoms with E-state index in [2.05, 4.69) is 22.4 Å². The number of aromatic nitrogens is 2. The average Bonchev–Trinajstić information content (AvgIpc) is 2.96. The van der Waals surface area contributed by atoms with Gasteiger partial charge >= 0.3 is 0 Å². The smallest absolute Gasteiger partial charge is 0.247 e. The zero-order chi connectivity index (χ0) is 14.2. The molecular formula is C15H21N3O2. The molecular weight excluding hydrogens is 254 g/mol. The monoisotopic (exact) mass is 275 g/mol. The number of rotatable bonds is 8. The van der Waals surface area contributed by atoms with Crippen molar-refractivity contribution in [3.8, 4) is 17.2 Å². The summed E-state index contributed by atoms with van der Waals surface area (Å²) in [5.74, 6) is 1.97. The number of ether oxygens (including phenoxy) is 1. The lowest BCUT2D eigenvalue weighted by atomic mass is 10.2. The van der Waals surface area contributed by atoms with Crippen LogP contribution in [0.3, 0.4) is 0 Å². The van der Waals surface area contributed by atoms with Gasteiger partial charge in [-0.15, -0.1) is 10.2 Å². The molecule has 0 fully saturated rings. The van der Waals surface area contributed by atoms with Gasteiger partial charge in [-0.1, -0.05) is 19.8 Å². The fourth-order valence-electron chi connectivity index (χ4n) is 1.87. The lowest BCUT2D eigenvalue weighted by Gasteiger charge is -2.00. The van der Waals surface area contributed by atoms with Gasteiger partial charge in [0, 0.05) is 5.56 Å². The molecule has 0 aliphatic heterocycles. The molecule has 0 spiro atoms. The maximum absolute atomic E-state index is 5.62. The van der Waals surface area contributed by atoms with Gasteiger partial charge in [-0.05, 0) is 37.2 Å². The summed E-state index contributed by atoms with van der Waals surface area (Å²) >= 11 is 0. The number of methoxy groups -OCH3 is 1. The summed E-state index contributed by atoms with van der Waals surface area (Å²) in [5.41, 5.74) is 0.899. The number of nitrogens with zero attached hydrogens (tertiary/aromatic N) is 2. The van der Waals surface area contributed by atoms with Gasteiger partial charge in [0.25, 0.3) is 0 Å². The van der Waals surface area contributed by atoms with Gasteiger partial charge in [-0.2, -0.15) is 0 Å². The van der Waals surface area contributed by atoms with E-state index in [1.54, 1.807) is 7.11 Å². The zero-order valence-electron chi connectivity index (χ0n) is 12.1. The lowest BCUT2D eigenvalue weighted by Crippen LogP contribution is -2.14. The average molecular weight is 275 g/mol. The van der Waals surface area contributed by atoms with Crippen molar-refractivity contribution < 1.29 is 9.15 Å². The van der Waals surface area contributed by atoms with E-state index in [9.17, 15) is 0 Å². The zero-order valence-corrected chi connectivity index (χ0v) is 12.1. The van der Waals surface area contributed by atoms with E-state index >= 15 is 0 Å². The van der Waals surface area contributed by atoms with Crippen molar-refractivity contribution in [2.75, 3.05) is 13.7 Å². The van der Waals surface area contributed by atoms with E-state index < -0.39 is 0 Å². The maximum atomic E-state index is 5.62. The van der Waals surface area contributed by atoms with Crippen LogP contribution in [0.4, 0.5) is 0 Å². The Morgan fingerprint density at radius 2 is 1.95 bits per heavy atom. The predicted molar refractivity (Wildman–Crippen MR) is 77.5 cm³/mol. The molecule has 1 N–H and O–H groups in total. The third-order valence-electron chi connectivity index (χ3n) is 3.04. The third kappa shape index (κ3) is 4.06. The third-order valence-corrected chi connectivity index (χ3v) is 3.04. The Hall–Kier alpha value is -1.88. The first kappa shape index (κ1) is 14.5. The van der Waals surface area contributed by atoms with Gasteiger partial charge in [0.1, 0.15) is 5.75 Å². The second kappa shape index (κ2) is 7.65. The molecule has 20 heavy (non-hydrogen) atoms. The molecule has 108 valence electrons. The molecule has 2 aromatic rings. The number of hydrogen-bond donors (Lipinski definition) is 1. The summed E-state index contributed by atoms with van der Waals surface area (Å²) in [6, 6.07) is 7.57. The standard InChI is InChI=1S/C15H21N3O2/c1-3-4-5-10-16-11-14-17-18-15(20-14)12-6-8-13(19-2)9-7-12/h6-9,16H,3-5,10-11H2,1-2H3. The van der Waals surface area contributed by atoms with E-state index in [0.29, 0.717) is 18.3 Å². The molecule has 0 atom stereocenters. The van der Waals surface area contributed by atoms with Gasteiger partial charge < -0.3 is 14.5 Å². The molecule has 0 saturated heterocycles. The summed E-state index contributed by atoms with van der Waals surface area (Å²) in [6.45, 7) is 3.79. The van der Waals surface area contributed by atoms with Crippen LogP contribution in [0, 0.1) is 0 Å². The minimum Gasteiger partial charge on any atom is -0.497 e. The molecule has 5 nitrogen and oxygen atoms in total. The largest absolute Gasteiger partial charge is 0.497 e. The van der Waals surface area contributed by atoms with Crippen LogP contribution in [0.15, 0.2) is 28.7 Å². The summed E-state index contributed by atoms with van der Waals surface area (Å²) in [7, 11) is 1.64. The normalized spacial score (nSPS) is 10.7. The lowest BCUT2D eigenvalue weighted by molar-refractivity contribution is 0.415. The molecule has 5 heteroatoms. The SMILES string of the molecule is CCCCCNCc1nnc(-c2ccc(OC)cc2)o1. The summed E-state index contributed by atoms with van der Waals surface area (Å²) in [6.07, 6.45) is 3.65. The van der Waals surface area contributed by atoms with Gasteiger partial charge in [-0.25, -0.2) is 0 Å². The molecule has 0 bridgehead atoms. The van der Waals surface area contributed by atoms with Crippen LogP contribution in [0.2, 0.25) is 0 Å². The molecule has 1 aromatic carbocycles. The number of unbranched alkanes of at least 4 members (excludes halogenated alkanes) is 2. The molecule has 2 rings (SSSR count). The van der Waals surface area contributed by atoms with Gasteiger partial charge in [0.05, 0.1) is 13.7 Å². The first-order valence-electron chi connectivity index (χ1n) is 7.01. The van der Waals surface area contributed by atoms with E-state index in [1.165, 1.54) is 19.3 Å². The minimum atomic E-state index is 0.540. The molecule has 0 saturated carbocycles. The Morgan fingerprint density at radius 1 is 1.15 bits per heavy atom. The fourth-order valence-corrected chi connectivity index (χ4v) is 1.87. The van der Waals surface area contributed by atoms with Crippen LogP contribution < -0.4 is 10.1 Å². The van der Waals surface area contributed by atoms with E-state index in [1.807, 2.05) is 24.3 Å². The van der Waals surface area contributed by atoms with Gasteiger partial charge in [0.2, 0.25) is 11.8 Å². The van der Waals surface area contributed by atoms with Gasteiger partial charge in [-0.3, -0.25) is 0 Å². The van der Waals surface area contributed by atoms with Crippen molar-refractivity contribution in [2.45, 2.75) is 32.7 Å². The molecule has 0 aliphatic rings. The molecule has 0 unspecified atom stereocenters. The first-order valence-corrected chi connectivity index (χ1v) is 7.01. The number of hydrogen-bond acceptors (Lipinski definition) is 5. The summed E-state index contributed by atoms with van der Waals surface area (Å²) in [5, 5.41) is 11.4. The number of nitrogens with one attached hydrogen (secondary N) is 1. The van der Waals surface area contributed by atoms with Crippen LogP contribution in [-0.4, -0.2) is 23.9 Å². The Balaban J connectivity index is 1.87. The van der Waals surface area contributed by atoms with E-state index in [-0.39, 0.29) is 0 Å². The highest BCUT2D eigenvalue weighted by molar-refractivity contribution is 5.53. The van der Waals surface area contributed by atoms with Crippen molar-refractivity contribution in [1.82, 2.24) is 15.5 Å². The quantitative estimate of drug-likeness (QED) is 0.750. The Labute approximate surface area is 119 Å². The first-order chi connectivity index (χ1) is 9.83. The predicted octanol–water partition coefficient (Wildman–Crippen LogP) is 3.03. The van der Waals surface area contributed by atoms with Crippen LogP contribution >= 0.6 is 0 Å². The van der Waals surface area contributed by atoms with Crippen molar-refractivity contribution >= 4 is 0 Å². The highest BCUT2D eigenvalue weighted by atomic mass is 16.5. The topological polar surface area (TPSA) is 60.2 Å². The van der Waals surface area contributed by atoms with E-state index in [4.69, 9.17) is 9.15 Å². The van der Waals surface area contributed by atoms with Crippen LogP contribution in [0.5, 0.6) is 5.75 Å². The fraction of sp³-hybridized carbons (Fsp3) is 0.467. The Morgan fingerprint density at radius 3 is 2.65 bits per heavy atom. The maximum Gasteiger partial charge on any atom is 0.247 e. The molecule has 0 amide bonds. The van der Waals surface area contributed by atoms with Crippen molar-refractivity contribution in [1.29, 1.82) is 0 Å². The second-order valence-electron chi connectivity index (χ2n) is 4.61.